The smallest absolute Gasteiger partial charge is 0.264 e. The number of ether oxygens (including phenoxy) is 1. The largest absolute Gasteiger partial charge is 0.497 e. The molecule has 2 aromatic heterocycles. The van der Waals surface area contributed by atoms with Crippen molar-refractivity contribution >= 4 is 45.5 Å². The van der Waals surface area contributed by atoms with E-state index in [1.54, 1.807) is 29.9 Å². The molecule has 2 aromatic carbocycles. The molecule has 0 bridgehead atoms. The van der Waals surface area contributed by atoms with Gasteiger partial charge in [0.25, 0.3) is 5.56 Å². The zero-order valence-corrected chi connectivity index (χ0v) is 24.6. The Hall–Kier alpha value is -4.69. The van der Waals surface area contributed by atoms with Crippen molar-refractivity contribution in [3.05, 3.63) is 118 Å². The molecule has 0 fully saturated rings. The van der Waals surface area contributed by atoms with Crippen LogP contribution in [-0.4, -0.2) is 34.0 Å². The van der Waals surface area contributed by atoms with E-state index in [4.69, 9.17) is 16.3 Å². The molecular weight excluding hydrogens is 550 g/mol. The molecule has 1 aliphatic rings. The summed E-state index contributed by atoms with van der Waals surface area (Å²) in [4.78, 5) is 38.1. The fourth-order valence-electron chi connectivity index (χ4n) is 5.20. The molecule has 214 valence electrons. The van der Waals surface area contributed by atoms with Gasteiger partial charge in [0.1, 0.15) is 29.3 Å². The minimum atomic E-state index is -0.406. The fourth-order valence-corrected chi connectivity index (χ4v) is 5.47. The van der Waals surface area contributed by atoms with Crippen molar-refractivity contribution in [3.8, 4) is 5.75 Å². The van der Waals surface area contributed by atoms with Crippen molar-refractivity contribution in [2.24, 2.45) is 0 Å². The molecule has 5 rings (SSSR count). The van der Waals surface area contributed by atoms with Gasteiger partial charge in [-0.2, -0.15) is 0 Å². The SMILES string of the molecule is C=C/C=C\C=C(/C)n1c(C(C)Nc2ncnc3c2C(=O)CCN3Cc2ccc(OC)cc2)cc2cccc(Cl)c2c1=O. The van der Waals surface area contributed by atoms with Crippen LogP contribution in [0.15, 0.2) is 90.5 Å². The second-order valence-corrected chi connectivity index (χ2v) is 10.5. The predicted octanol–water partition coefficient (Wildman–Crippen LogP) is 6.82. The lowest BCUT2D eigenvalue weighted by atomic mass is 10.0. The molecular formula is C33H32ClN5O3. The molecule has 8 nitrogen and oxygen atoms in total. The van der Waals surface area contributed by atoms with Crippen molar-refractivity contribution in [1.29, 1.82) is 0 Å². The summed E-state index contributed by atoms with van der Waals surface area (Å²) in [5, 5.41) is 4.98. The number of carbonyl (C=O) groups is 1. The first-order valence-corrected chi connectivity index (χ1v) is 14.0. The number of carbonyl (C=O) groups excluding carboxylic acids is 1. The number of ketones is 1. The van der Waals surface area contributed by atoms with Crippen molar-refractivity contribution in [1.82, 2.24) is 14.5 Å². The molecule has 0 aliphatic carbocycles. The number of Topliss-reactive ketones (excluding diaryl/α,β-unsaturated/α-hetero) is 1. The predicted molar refractivity (Wildman–Crippen MR) is 170 cm³/mol. The molecule has 9 heteroatoms. The number of methoxy groups -OCH3 is 1. The van der Waals surface area contributed by atoms with Crippen LogP contribution in [0.1, 0.15) is 47.9 Å². The van der Waals surface area contributed by atoms with Crippen LogP contribution >= 0.6 is 11.6 Å². The van der Waals surface area contributed by atoms with Crippen molar-refractivity contribution in [2.75, 3.05) is 23.9 Å². The average Bonchev–Trinajstić information content (AvgIpc) is 2.99. The van der Waals surface area contributed by atoms with E-state index < -0.39 is 6.04 Å². The summed E-state index contributed by atoms with van der Waals surface area (Å²) in [5.74, 6) is 1.77. The first-order valence-electron chi connectivity index (χ1n) is 13.7. The summed E-state index contributed by atoms with van der Waals surface area (Å²) in [6.07, 6.45) is 8.93. The van der Waals surface area contributed by atoms with Crippen LogP contribution in [-0.2, 0) is 6.54 Å². The number of benzene rings is 2. The molecule has 4 aromatic rings. The Morgan fingerprint density at radius 2 is 1.95 bits per heavy atom. The molecule has 0 spiro atoms. The molecule has 0 amide bonds. The third kappa shape index (κ3) is 5.71. The second kappa shape index (κ2) is 12.4. The summed E-state index contributed by atoms with van der Waals surface area (Å²) in [6.45, 7) is 8.65. The van der Waals surface area contributed by atoms with E-state index in [1.165, 1.54) is 6.33 Å². The standard InChI is InChI=1S/C33H32ClN5O3/c1-5-6-7-9-21(2)39-27(18-24-10-8-11-26(34)29(24)33(39)41)22(3)37-31-30-28(40)16-17-38(32(30)36-20-35-31)19-23-12-14-25(42-4)15-13-23/h5-15,18,20,22H,1,16-17,19H2,2-4H3,(H,35,36,37)/b7-6-,21-9+. The van der Waals surface area contributed by atoms with Gasteiger partial charge in [-0.3, -0.25) is 14.2 Å². The van der Waals surface area contributed by atoms with Crippen molar-refractivity contribution in [3.63, 3.8) is 0 Å². The fraction of sp³-hybridized carbons (Fsp3) is 0.212. The Morgan fingerprint density at radius 3 is 2.69 bits per heavy atom. The number of aromatic nitrogens is 3. The second-order valence-electron chi connectivity index (χ2n) is 10.1. The number of allylic oxidation sites excluding steroid dienone is 5. The lowest BCUT2D eigenvalue weighted by Crippen LogP contribution is -2.34. The summed E-state index contributed by atoms with van der Waals surface area (Å²) >= 11 is 6.47. The summed E-state index contributed by atoms with van der Waals surface area (Å²) in [7, 11) is 1.64. The Morgan fingerprint density at radius 1 is 1.17 bits per heavy atom. The normalized spacial score (nSPS) is 14.2. The Bertz CT molecular complexity index is 1780. The number of pyridine rings is 1. The quantitative estimate of drug-likeness (QED) is 0.217. The number of nitrogens with zero attached hydrogens (tertiary/aromatic N) is 4. The van der Waals surface area contributed by atoms with Crippen LogP contribution < -0.4 is 20.5 Å². The molecule has 1 N–H and O–H groups in total. The van der Waals surface area contributed by atoms with E-state index >= 15 is 0 Å². The minimum absolute atomic E-state index is 0.0281. The Labute approximate surface area is 249 Å². The zero-order chi connectivity index (χ0) is 29.8. The number of rotatable bonds is 9. The monoisotopic (exact) mass is 581 g/mol. The zero-order valence-electron chi connectivity index (χ0n) is 23.8. The topological polar surface area (TPSA) is 89.3 Å². The van der Waals surface area contributed by atoms with E-state index in [0.717, 1.165) is 16.7 Å². The number of hydrogen-bond acceptors (Lipinski definition) is 7. The number of nitrogens with one attached hydrogen (secondary N) is 1. The Balaban J connectivity index is 1.54. The highest BCUT2D eigenvalue weighted by Crippen LogP contribution is 2.33. The number of fused-ring (bicyclic) bond motifs is 2. The van der Waals surface area contributed by atoms with Gasteiger partial charge in [0.15, 0.2) is 5.78 Å². The lowest BCUT2D eigenvalue weighted by molar-refractivity contribution is 0.0979. The molecule has 0 radical (unpaired) electrons. The van der Waals surface area contributed by atoms with Crippen molar-refractivity contribution < 1.29 is 9.53 Å². The van der Waals surface area contributed by atoms with Gasteiger partial charge in [0.2, 0.25) is 0 Å². The third-order valence-corrected chi connectivity index (χ3v) is 7.62. The van der Waals surface area contributed by atoms with Crippen LogP contribution in [0, 0.1) is 0 Å². The molecule has 0 saturated carbocycles. The van der Waals surface area contributed by atoms with Gasteiger partial charge in [-0.15, -0.1) is 0 Å². The van der Waals surface area contributed by atoms with Crippen LogP contribution in [0.25, 0.3) is 16.5 Å². The minimum Gasteiger partial charge on any atom is -0.497 e. The van der Waals surface area contributed by atoms with E-state index in [0.29, 0.717) is 58.5 Å². The van der Waals surface area contributed by atoms with Gasteiger partial charge in [-0.25, -0.2) is 9.97 Å². The molecule has 3 heterocycles. The summed E-state index contributed by atoms with van der Waals surface area (Å²) in [6, 6.07) is 14.8. The maximum atomic E-state index is 13.8. The molecule has 0 saturated heterocycles. The highest BCUT2D eigenvalue weighted by atomic mass is 35.5. The third-order valence-electron chi connectivity index (χ3n) is 7.31. The van der Waals surface area contributed by atoms with Gasteiger partial charge in [-0.1, -0.05) is 60.7 Å². The first-order chi connectivity index (χ1) is 20.3. The lowest BCUT2D eigenvalue weighted by Gasteiger charge is -2.31. The number of halogens is 1. The van der Waals surface area contributed by atoms with E-state index in [9.17, 15) is 9.59 Å². The first kappa shape index (κ1) is 28.8. The van der Waals surface area contributed by atoms with Crippen LogP contribution in [0.4, 0.5) is 11.6 Å². The van der Waals surface area contributed by atoms with Gasteiger partial charge < -0.3 is 15.0 Å². The number of anilines is 2. The van der Waals surface area contributed by atoms with Crippen LogP contribution in [0.5, 0.6) is 5.75 Å². The molecule has 1 aliphatic heterocycles. The van der Waals surface area contributed by atoms with Crippen molar-refractivity contribution in [2.45, 2.75) is 32.9 Å². The highest BCUT2D eigenvalue weighted by Gasteiger charge is 2.29. The molecule has 42 heavy (non-hydrogen) atoms. The summed E-state index contributed by atoms with van der Waals surface area (Å²) in [5.41, 5.74) is 2.69. The van der Waals surface area contributed by atoms with E-state index in [1.807, 2.05) is 68.5 Å². The van der Waals surface area contributed by atoms with Crippen LogP contribution in [0.2, 0.25) is 5.02 Å². The van der Waals surface area contributed by atoms with Gasteiger partial charge in [0, 0.05) is 30.9 Å². The number of hydrogen-bond donors (Lipinski definition) is 1. The van der Waals surface area contributed by atoms with Gasteiger partial charge in [0.05, 0.1) is 23.6 Å². The maximum Gasteiger partial charge on any atom is 0.264 e. The van der Waals surface area contributed by atoms with Crippen LogP contribution in [0.3, 0.4) is 0 Å². The highest BCUT2D eigenvalue weighted by molar-refractivity contribution is 6.35. The molecule has 1 unspecified atom stereocenters. The molecule has 1 atom stereocenters. The van der Waals surface area contributed by atoms with E-state index in [-0.39, 0.29) is 11.3 Å². The maximum absolute atomic E-state index is 13.8. The van der Waals surface area contributed by atoms with Gasteiger partial charge in [-0.05, 0) is 55.1 Å². The van der Waals surface area contributed by atoms with E-state index in [2.05, 4.69) is 26.8 Å². The summed E-state index contributed by atoms with van der Waals surface area (Å²) < 4.78 is 6.92. The average molecular weight is 582 g/mol. The van der Waals surface area contributed by atoms with Gasteiger partial charge >= 0.3 is 0 Å². The Kier molecular flexibility index (Phi) is 8.54.